The molecule has 0 saturated carbocycles. The second kappa shape index (κ2) is 9.17. The van der Waals surface area contributed by atoms with Gasteiger partial charge in [-0.3, -0.25) is 4.99 Å². The molecule has 0 aliphatic rings. The van der Waals surface area contributed by atoms with Crippen molar-refractivity contribution in [3.05, 3.63) is 45.6 Å². The molecule has 0 aliphatic heterocycles. The number of guanidine groups is 1. The van der Waals surface area contributed by atoms with Crippen molar-refractivity contribution in [2.24, 2.45) is 4.99 Å². The first-order valence-corrected chi connectivity index (χ1v) is 8.68. The number of benzene rings is 1. The van der Waals surface area contributed by atoms with Crippen LogP contribution < -0.4 is 20.1 Å². The first-order valence-electron chi connectivity index (χ1n) is 7.87. The second-order valence-corrected chi connectivity index (χ2v) is 6.68. The normalized spacial score (nSPS) is 11.2. The first-order chi connectivity index (χ1) is 11.7. The molecule has 0 radical (unpaired) electrons. The van der Waals surface area contributed by atoms with E-state index < -0.39 is 0 Å². The van der Waals surface area contributed by atoms with Crippen LogP contribution in [0.3, 0.4) is 0 Å². The van der Waals surface area contributed by atoms with Gasteiger partial charge in [0.05, 0.1) is 20.8 Å². The molecule has 0 bridgehead atoms. The van der Waals surface area contributed by atoms with E-state index in [1.54, 1.807) is 32.6 Å². The minimum absolute atomic E-state index is 0.748. The molecule has 0 atom stereocenters. The van der Waals surface area contributed by atoms with Crippen LogP contribution in [-0.4, -0.2) is 33.8 Å². The van der Waals surface area contributed by atoms with E-state index in [4.69, 9.17) is 9.47 Å². The number of thiophene rings is 1. The van der Waals surface area contributed by atoms with E-state index >= 15 is 0 Å². The standard InChI is InChI=1S/C18H25N3O2S/c1-13-5-7-15(24-13)12-21-18(19-2)20-10-9-14-6-8-16(22-3)17(11-14)23-4/h5-8,11H,9-10,12H2,1-4H3,(H2,19,20,21). The van der Waals surface area contributed by atoms with E-state index in [1.165, 1.54) is 15.3 Å². The molecular formula is C18H25N3O2S. The molecule has 2 N–H and O–H groups in total. The Morgan fingerprint density at radius 1 is 1.08 bits per heavy atom. The van der Waals surface area contributed by atoms with E-state index in [9.17, 15) is 0 Å². The molecule has 0 saturated heterocycles. The highest BCUT2D eigenvalue weighted by atomic mass is 32.1. The maximum Gasteiger partial charge on any atom is 0.191 e. The Morgan fingerprint density at radius 2 is 1.88 bits per heavy atom. The van der Waals surface area contributed by atoms with Gasteiger partial charge in [0, 0.05) is 23.3 Å². The van der Waals surface area contributed by atoms with Crippen LogP contribution in [0.5, 0.6) is 11.5 Å². The van der Waals surface area contributed by atoms with Crippen LogP contribution in [0.1, 0.15) is 15.3 Å². The van der Waals surface area contributed by atoms with Crippen LogP contribution in [0.4, 0.5) is 0 Å². The highest BCUT2D eigenvalue weighted by Crippen LogP contribution is 2.27. The van der Waals surface area contributed by atoms with Gasteiger partial charge in [-0.2, -0.15) is 0 Å². The zero-order chi connectivity index (χ0) is 17.4. The lowest BCUT2D eigenvalue weighted by molar-refractivity contribution is 0.354. The van der Waals surface area contributed by atoms with Crippen LogP contribution in [0.25, 0.3) is 0 Å². The zero-order valence-corrected chi connectivity index (χ0v) is 15.5. The van der Waals surface area contributed by atoms with Gasteiger partial charge in [0.15, 0.2) is 17.5 Å². The first kappa shape index (κ1) is 18.1. The van der Waals surface area contributed by atoms with Gasteiger partial charge in [0.25, 0.3) is 0 Å². The highest BCUT2D eigenvalue weighted by Gasteiger charge is 2.05. The summed E-state index contributed by atoms with van der Waals surface area (Å²) in [5.74, 6) is 2.31. The highest BCUT2D eigenvalue weighted by molar-refractivity contribution is 7.11. The molecule has 5 nitrogen and oxygen atoms in total. The van der Waals surface area contributed by atoms with Crippen LogP contribution in [0, 0.1) is 6.92 Å². The van der Waals surface area contributed by atoms with Crippen molar-refractivity contribution in [1.82, 2.24) is 10.6 Å². The fourth-order valence-electron chi connectivity index (χ4n) is 2.33. The summed E-state index contributed by atoms with van der Waals surface area (Å²) in [5, 5.41) is 6.66. The summed E-state index contributed by atoms with van der Waals surface area (Å²) < 4.78 is 10.6. The average Bonchev–Trinajstić information content (AvgIpc) is 3.03. The maximum absolute atomic E-state index is 5.33. The van der Waals surface area contributed by atoms with Gasteiger partial charge >= 0.3 is 0 Å². The van der Waals surface area contributed by atoms with Crippen LogP contribution in [0.15, 0.2) is 35.3 Å². The number of rotatable bonds is 7. The van der Waals surface area contributed by atoms with Gasteiger partial charge in [-0.25, -0.2) is 0 Å². The predicted octanol–water partition coefficient (Wildman–Crippen LogP) is 2.98. The molecule has 0 spiro atoms. The van der Waals surface area contributed by atoms with Crippen molar-refractivity contribution in [3.8, 4) is 11.5 Å². The van der Waals surface area contributed by atoms with Crippen LogP contribution in [0.2, 0.25) is 0 Å². The Bertz CT molecular complexity index is 683. The number of hydrogen-bond acceptors (Lipinski definition) is 4. The fraction of sp³-hybridized carbons (Fsp3) is 0.389. The Kier molecular flexibility index (Phi) is 6.93. The molecule has 0 fully saturated rings. The third kappa shape index (κ3) is 5.16. The fourth-order valence-corrected chi connectivity index (χ4v) is 3.16. The van der Waals surface area contributed by atoms with Crippen molar-refractivity contribution >= 4 is 17.3 Å². The summed E-state index contributed by atoms with van der Waals surface area (Å²) in [6.45, 7) is 3.69. The molecule has 0 amide bonds. The number of aliphatic imine (C=N–C) groups is 1. The Labute approximate surface area is 147 Å². The lowest BCUT2D eigenvalue weighted by Crippen LogP contribution is -2.37. The van der Waals surface area contributed by atoms with Crippen molar-refractivity contribution in [2.45, 2.75) is 19.9 Å². The van der Waals surface area contributed by atoms with Crippen molar-refractivity contribution in [1.29, 1.82) is 0 Å². The molecule has 6 heteroatoms. The molecule has 0 unspecified atom stereocenters. The van der Waals surface area contributed by atoms with E-state index in [0.29, 0.717) is 0 Å². The quantitative estimate of drug-likeness (QED) is 0.597. The Morgan fingerprint density at radius 3 is 2.50 bits per heavy atom. The number of aryl methyl sites for hydroxylation is 1. The number of hydrogen-bond donors (Lipinski definition) is 2. The van der Waals surface area contributed by atoms with Crippen LogP contribution >= 0.6 is 11.3 Å². The molecule has 1 heterocycles. The number of nitrogens with zero attached hydrogens (tertiary/aromatic N) is 1. The van der Waals surface area contributed by atoms with E-state index in [0.717, 1.165) is 37.0 Å². The summed E-state index contributed by atoms with van der Waals surface area (Å²) >= 11 is 1.80. The maximum atomic E-state index is 5.33. The summed E-state index contributed by atoms with van der Waals surface area (Å²) in [7, 11) is 5.08. The third-order valence-electron chi connectivity index (χ3n) is 3.60. The molecule has 24 heavy (non-hydrogen) atoms. The van der Waals surface area contributed by atoms with Gasteiger partial charge in [-0.1, -0.05) is 6.07 Å². The number of nitrogens with one attached hydrogen (secondary N) is 2. The van der Waals surface area contributed by atoms with E-state index in [-0.39, 0.29) is 0 Å². The molecular weight excluding hydrogens is 322 g/mol. The number of methoxy groups -OCH3 is 2. The third-order valence-corrected chi connectivity index (χ3v) is 4.60. The second-order valence-electron chi connectivity index (χ2n) is 5.30. The Hall–Kier alpha value is -2.21. The summed E-state index contributed by atoms with van der Waals surface area (Å²) in [4.78, 5) is 6.88. The summed E-state index contributed by atoms with van der Waals surface area (Å²) in [6, 6.07) is 10.3. The van der Waals surface area contributed by atoms with Gasteiger partial charge in [0.1, 0.15) is 0 Å². The van der Waals surface area contributed by atoms with Gasteiger partial charge in [-0.05, 0) is 43.2 Å². The predicted molar refractivity (Wildman–Crippen MR) is 101 cm³/mol. The molecule has 0 aliphatic carbocycles. The SMILES string of the molecule is CN=C(NCCc1ccc(OC)c(OC)c1)NCc1ccc(C)s1. The molecule has 1 aromatic heterocycles. The van der Waals surface area contributed by atoms with Gasteiger partial charge in [0.2, 0.25) is 0 Å². The minimum atomic E-state index is 0.748. The molecule has 2 aromatic rings. The zero-order valence-electron chi connectivity index (χ0n) is 14.7. The summed E-state index contributed by atoms with van der Waals surface area (Å²) in [5.41, 5.74) is 1.18. The van der Waals surface area contributed by atoms with Crippen molar-refractivity contribution in [3.63, 3.8) is 0 Å². The van der Waals surface area contributed by atoms with Gasteiger partial charge < -0.3 is 20.1 Å². The smallest absolute Gasteiger partial charge is 0.191 e. The van der Waals surface area contributed by atoms with Crippen molar-refractivity contribution in [2.75, 3.05) is 27.8 Å². The minimum Gasteiger partial charge on any atom is -0.493 e. The van der Waals surface area contributed by atoms with Gasteiger partial charge in [-0.15, -0.1) is 11.3 Å². The topological polar surface area (TPSA) is 54.9 Å². The lowest BCUT2D eigenvalue weighted by Gasteiger charge is -2.12. The lowest BCUT2D eigenvalue weighted by atomic mass is 10.1. The van der Waals surface area contributed by atoms with Crippen molar-refractivity contribution < 1.29 is 9.47 Å². The van der Waals surface area contributed by atoms with Crippen LogP contribution in [-0.2, 0) is 13.0 Å². The number of ether oxygens (including phenoxy) is 2. The molecule has 130 valence electrons. The van der Waals surface area contributed by atoms with E-state index in [1.807, 2.05) is 18.2 Å². The average molecular weight is 347 g/mol. The summed E-state index contributed by atoms with van der Waals surface area (Å²) in [6.07, 6.45) is 0.874. The molecule has 2 rings (SSSR count). The Balaban J connectivity index is 1.81. The monoisotopic (exact) mass is 347 g/mol. The molecule has 1 aromatic carbocycles. The largest absolute Gasteiger partial charge is 0.493 e. The van der Waals surface area contributed by atoms with E-state index in [2.05, 4.69) is 34.7 Å².